The van der Waals surface area contributed by atoms with Gasteiger partial charge >= 0.3 is 0 Å². The lowest BCUT2D eigenvalue weighted by Crippen LogP contribution is -2.39. The summed E-state index contributed by atoms with van der Waals surface area (Å²) in [4.78, 5) is 0.293. The zero-order chi connectivity index (χ0) is 21.4. The van der Waals surface area contributed by atoms with E-state index in [4.69, 9.17) is 11.6 Å². The number of halogens is 1. The van der Waals surface area contributed by atoms with Crippen molar-refractivity contribution in [3.63, 3.8) is 0 Å². The van der Waals surface area contributed by atoms with Crippen molar-refractivity contribution in [1.29, 1.82) is 0 Å². The Morgan fingerprint density at radius 3 is 2.52 bits per heavy atom. The van der Waals surface area contributed by atoms with Gasteiger partial charge in [-0.15, -0.1) is 0 Å². The van der Waals surface area contributed by atoms with E-state index in [1.54, 1.807) is 34.8 Å². The van der Waals surface area contributed by atoms with Crippen LogP contribution < -0.4 is 0 Å². The Morgan fingerprint density at radius 2 is 1.81 bits per heavy atom. The Kier molecular flexibility index (Phi) is 5.29. The lowest BCUT2D eigenvalue weighted by atomic mass is 9.98. The van der Waals surface area contributed by atoms with Gasteiger partial charge in [0, 0.05) is 41.8 Å². The zero-order valence-electron chi connectivity index (χ0n) is 16.8. The molecule has 9 heteroatoms. The summed E-state index contributed by atoms with van der Waals surface area (Å²) in [6.45, 7) is 1.81. The van der Waals surface area contributed by atoms with Crippen LogP contribution in [0.15, 0.2) is 66.0 Å². The number of piperidine rings is 1. The van der Waals surface area contributed by atoms with Crippen LogP contribution in [0.1, 0.15) is 12.8 Å². The van der Waals surface area contributed by atoms with Gasteiger partial charge in [0.05, 0.1) is 22.8 Å². The third-order valence-corrected chi connectivity index (χ3v) is 8.09. The minimum atomic E-state index is -3.48. The minimum absolute atomic E-state index is 0.293. The van der Waals surface area contributed by atoms with E-state index < -0.39 is 10.0 Å². The van der Waals surface area contributed by atoms with Gasteiger partial charge < -0.3 is 0 Å². The average Bonchev–Trinajstić information content (AvgIpc) is 3.45. The standard InChI is InChI=1S/C22H22ClN5O2S/c23-20-2-4-21(5-3-20)31(29,30)27-9-7-16(8-10-27)15-28-22-6-1-17(11-18(22)14-26-28)19-12-24-25-13-19/h1-6,11-14,16H,7-10,15H2,(H,24,25). The molecule has 31 heavy (non-hydrogen) atoms. The third-order valence-electron chi connectivity index (χ3n) is 5.93. The van der Waals surface area contributed by atoms with Crippen LogP contribution in [0, 0.1) is 5.92 Å². The van der Waals surface area contributed by atoms with Crippen molar-refractivity contribution in [1.82, 2.24) is 24.3 Å². The molecule has 3 heterocycles. The van der Waals surface area contributed by atoms with E-state index >= 15 is 0 Å². The number of H-pyrrole nitrogens is 1. The van der Waals surface area contributed by atoms with E-state index in [9.17, 15) is 8.42 Å². The van der Waals surface area contributed by atoms with Crippen molar-refractivity contribution in [2.75, 3.05) is 13.1 Å². The van der Waals surface area contributed by atoms with Crippen molar-refractivity contribution in [2.24, 2.45) is 5.92 Å². The Bertz CT molecular complexity index is 1290. The van der Waals surface area contributed by atoms with Gasteiger partial charge in [0.1, 0.15) is 0 Å². The third kappa shape index (κ3) is 3.98. The molecule has 1 fully saturated rings. The minimum Gasteiger partial charge on any atom is -0.285 e. The summed E-state index contributed by atoms with van der Waals surface area (Å²) in [6.07, 6.45) is 7.18. The largest absolute Gasteiger partial charge is 0.285 e. The van der Waals surface area contributed by atoms with Gasteiger partial charge in [-0.1, -0.05) is 17.7 Å². The second kappa shape index (κ2) is 8.11. The van der Waals surface area contributed by atoms with E-state index in [1.807, 2.05) is 17.1 Å². The molecule has 2 aromatic carbocycles. The predicted molar refractivity (Wildman–Crippen MR) is 120 cm³/mol. The first kappa shape index (κ1) is 20.2. The molecule has 0 aliphatic carbocycles. The van der Waals surface area contributed by atoms with Gasteiger partial charge in [0.15, 0.2) is 0 Å². The van der Waals surface area contributed by atoms with Crippen LogP contribution in [0.5, 0.6) is 0 Å². The van der Waals surface area contributed by atoms with Crippen LogP contribution in [0.2, 0.25) is 5.02 Å². The number of aromatic nitrogens is 4. The lowest BCUT2D eigenvalue weighted by molar-refractivity contribution is 0.249. The van der Waals surface area contributed by atoms with Crippen molar-refractivity contribution >= 4 is 32.5 Å². The van der Waals surface area contributed by atoms with Crippen molar-refractivity contribution in [2.45, 2.75) is 24.3 Å². The van der Waals surface area contributed by atoms with E-state index in [1.165, 1.54) is 0 Å². The van der Waals surface area contributed by atoms with E-state index in [2.05, 4.69) is 33.5 Å². The fourth-order valence-electron chi connectivity index (χ4n) is 4.15. The van der Waals surface area contributed by atoms with Gasteiger partial charge in [-0.3, -0.25) is 9.78 Å². The quantitative estimate of drug-likeness (QED) is 0.489. The lowest BCUT2D eigenvalue weighted by Gasteiger charge is -2.31. The molecule has 4 aromatic rings. The first-order valence-electron chi connectivity index (χ1n) is 10.2. The smallest absolute Gasteiger partial charge is 0.243 e. The number of benzene rings is 2. The molecular weight excluding hydrogens is 434 g/mol. The molecule has 0 spiro atoms. The van der Waals surface area contributed by atoms with Crippen LogP contribution in [-0.2, 0) is 16.6 Å². The van der Waals surface area contributed by atoms with Crippen molar-refractivity contribution in [3.8, 4) is 11.1 Å². The molecule has 160 valence electrons. The van der Waals surface area contributed by atoms with Crippen LogP contribution in [0.4, 0.5) is 0 Å². The molecule has 1 N–H and O–H groups in total. The normalized spacial score (nSPS) is 16.2. The summed E-state index contributed by atoms with van der Waals surface area (Å²) >= 11 is 5.89. The number of rotatable bonds is 5. The molecule has 1 saturated heterocycles. The van der Waals surface area contributed by atoms with Crippen molar-refractivity contribution in [3.05, 3.63) is 66.1 Å². The molecule has 1 aliphatic heterocycles. The Balaban J connectivity index is 1.26. The fraction of sp³-hybridized carbons (Fsp3) is 0.273. The molecule has 0 atom stereocenters. The summed E-state index contributed by atoms with van der Waals surface area (Å²) < 4.78 is 29.4. The number of nitrogens with one attached hydrogen (secondary N) is 1. The molecule has 0 radical (unpaired) electrons. The Labute approximate surface area is 185 Å². The number of hydrogen-bond acceptors (Lipinski definition) is 4. The highest BCUT2D eigenvalue weighted by atomic mass is 35.5. The maximum absolute atomic E-state index is 12.9. The molecule has 1 aliphatic rings. The molecule has 7 nitrogen and oxygen atoms in total. The molecule has 0 unspecified atom stereocenters. The summed E-state index contributed by atoms with van der Waals surface area (Å²) in [7, 11) is -3.48. The average molecular weight is 456 g/mol. The zero-order valence-corrected chi connectivity index (χ0v) is 18.4. The molecular formula is C22H22ClN5O2S. The number of nitrogens with zero attached hydrogens (tertiary/aromatic N) is 4. The van der Waals surface area contributed by atoms with Gasteiger partial charge in [0.25, 0.3) is 0 Å². The first-order valence-corrected chi connectivity index (χ1v) is 12.0. The van der Waals surface area contributed by atoms with Crippen LogP contribution in [0.25, 0.3) is 22.0 Å². The monoisotopic (exact) mass is 455 g/mol. The highest BCUT2D eigenvalue weighted by molar-refractivity contribution is 7.89. The maximum Gasteiger partial charge on any atom is 0.243 e. The van der Waals surface area contributed by atoms with Gasteiger partial charge in [-0.2, -0.15) is 14.5 Å². The molecule has 2 aromatic heterocycles. The number of aromatic amines is 1. The second-order valence-electron chi connectivity index (χ2n) is 7.89. The van der Waals surface area contributed by atoms with Crippen LogP contribution in [-0.4, -0.2) is 45.8 Å². The highest BCUT2D eigenvalue weighted by Crippen LogP contribution is 2.28. The fourth-order valence-corrected chi connectivity index (χ4v) is 5.75. The van der Waals surface area contributed by atoms with Gasteiger partial charge in [-0.25, -0.2) is 8.42 Å². The summed E-state index contributed by atoms with van der Waals surface area (Å²) in [5, 5.41) is 13.0. The van der Waals surface area contributed by atoms with E-state index in [0.29, 0.717) is 28.9 Å². The Hall–Kier alpha value is -2.68. The van der Waals surface area contributed by atoms with Crippen LogP contribution in [0.3, 0.4) is 0 Å². The molecule has 0 amide bonds. The second-order valence-corrected chi connectivity index (χ2v) is 10.3. The summed E-state index contributed by atoms with van der Waals surface area (Å²) in [5.41, 5.74) is 3.23. The maximum atomic E-state index is 12.9. The number of sulfonamides is 1. The molecule has 5 rings (SSSR count). The SMILES string of the molecule is O=S(=O)(c1ccc(Cl)cc1)N1CCC(Cn2ncc3cc(-c4cn[nH]c4)ccc32)CC1. The van der Waals surface area contributed by atoms with E-state index in [0.717, 1.165) is 41.4 Å². The first-order chi connectivity index (χ1) is 15.0. The van der Waals surface area contributed by atoms with Gasteiger partial charge in [0.2, 0.25) is 10.0 Å². The summed E-state index contributed by atoms with van der Waals surface area (Å²) in [5.74, 6) is 0.383. The van der Waals surface area contributed by atoms with Crippen molar-refractivity contribution < 1.29 is 8.42 Å². The molecule has 0 bridgehead atoms. The van der Waals surface area contributed by atoms with Gasteiger partial charge in [-0.05, 0) is 60.7 Å². The van der Waals surface area contributed by atoms with Crippen LogP contribution >= 0.6 is 11.6 Å². The Morgan fingerprint density at radius 1 is 1.03 bits per heavy atom. The highest BCUT2D eigenvalue weighted by Gasteiger charge is 2.29. The van der Waals surface area contributed by atoms with E-state index in [-0.39, 0.29) is 0 Å². The molecule has 0 saturated carbocycles. The predicted octanol–water partition coefficient (Wildman–Crippen LogP) is 4.18. The topological polar surface area (TPSA) is 83.9 Å². The summed E-state index contributed by atoms with van der Waals surface area (Å²) in [6, 6.07) is 12.6. The number of hydrogen-bond donors (Lipinski definition) is 1. The number of fused-ring (bicyclic) bond motifs is 1.